The molecule has 0 aliphatic rings. The zero-order valence-electron chi connectivity index (χ0n) is 16.8. The van der Waals surface area contributed by atoms with Gasteiger partial charge in [0.05, 0.1) is 25.9 Å². The van der Waals surface area contributed by atoms with E-state index >= 15 is 0 Å². The third kappa shape index (κ3) is 4.38. The van der Waals surface area contributed by atoms with Gasteiger partial charge in [-0.05, 0) is 42.1 Å². The lowest BCUT2D eigenvalue weighted by Gasteiger charge is -2.14. The van der Waals surface area contributed by atoms with Crippen molar-refractivity contribution >= 4 is 62.0 Å². The molecule has 0 radical (unpaired) electrons. The van der Waals surface area contributed by atoms with E-state index in [1.807, 2.05) is 43.3 Å². The molecule has 2 amide bonds. The van der Waals surface area contributed by atoms with Crippen molar-refractivity contribution in [2.75, 3.05) is 17.7 Å². The molecule has 2 heterocycles. The minimum atomic E-state index is -0.305. The van der Waals surface area contributed by atoms with Crippen LogP contribution in [0.4, 0.5) is 17.2 Å². The Labute approximate surface area is 188 Å². The fourth-order valence-corrected chi connectivity index (χ4v) is 4.35. The van der Waals surface area contributed by atoms with Gasteiger partial charge in [-0.2, -0.15) is 0 Å². The number of para-hydroxylation sites is 1. The first-order valence-electron chi connectivity index (χ1n) is 9.50. The fraction of sp³-hybridized carbons (Fsp3) is 0.0870. The highest BCUT2D eigenvalue weighted by Gasteiger charge is 2.17. The number of carbonyl (C=O) groups is 2. The number of hydrogen-bond acceptors (Lipinski definition) is 5. The van der Waals surface area contributed by atoms with Gasteiger partial charge in [0.25, 0.3) is 11.8 Å². The number of rotatable bonds is 5. The number of carbonyl (C=O) groups excluding carboxylic acids is 2. The average molecular weight is 451 g/mol. The molecule has 0 fully saturated rings. The van der Waals surface area contributed by atoms with E-state index < -0.39 is 0 Å². The van der Waals surface area contributed by atoms with Crippen LogP contribution in [0.1, 0.15) is 25.6 Å². The summed E-state index contributed by atoms with van der Waals surface area (Å²) in [5.74, 6) is -0.158. The minimum Gasteiger partial charge on any atom is -0.355 e. The summed E-state index contributed by atoms with van der Waals surface area (Å²) in [4.78, 5) is 30.0. The molecule has 3 N–H and O–H groups in total. The molecule has 0 saturated heterocycles. The van der Waals surface area contributed by atoms with Crippen LogP contribution in [-0.2, 0) is 0 Å². The second-order valence-electron chi connectivity index (χ2n) is 6.86. The Balaban J connectivity index is 1.70. The predicted molar refractivity (Wildman–Crippen MR) is 127 cm³/mol. The van der Waals surface area contributed by atoms with Crippen LogP contribution in [0.25, 0.3) is 10.1 Å². The molecule has 8 heteroatoms. The summed E-state index contributed by atoms with van der Waals surface area (Å²) in [7, 11) is 1.54. The van der Waals surface area contributed by atoms with Crippen LogP contribution in [0.5, 0.6) is 0 Å². The van der Waals surface area contributed by atoms with Crippen LogP contribution >= 0.6 is 22.9 Å². The topological polar surface area (TPSA) is 83.1 Å². The first kappa shape index (κ1) is 20.8. The summed E-state index contributed by atoms with van der Waals surface area (Å²) in [6.07, 6.45) is 1.47. The highest BCUT2D eigenvalue weighted by Crippen LogP contribution is 2.33. The molecule has 4 rings (SSSR count). The number of aryl methyl sites for hydroxylation is 1. The normalized spacial score (nSPS) is 10.7. The summed E-state index contributed by atoms with van der Waals surface area (Å²) < 4.78 is 0.852. The Morgan fingerprint density at radius 1 is 1.00 bits per heavy atom. The molecule has 156 valence electrons. The molecular weight excluding hydrogens is 432 g/mol. The third-order valence-electron chi connectivity index (χ3n) is 4.74. The minimum absolute atomic E-state index is 0.293. The van der Waals surface area contributed by atoms with Crippen LogP contribution in [0.15, 0.2) is 60.8 Å². The SMILES string of the molecule is CNC(=O)c1cnc(Nc2ccccc2C)c(NC(=O)c2cc3cccc(Cl)c3s2)c1. The first-order valence-corrected chi connectivity index (χ1v) is 10.7. The lowest BCUT2D eigenvalue weighted by molar-refractivity contribution is 0.0961. The number of aromatic nitrogens is 1. The van der Waals surface area contributed by atoms with Crippen molar-refractivity contribution in [3.63, 3.8) is 0 Å². The number of benzene rings is 2. The van der Waals surface area contributed by atoms with E-state index in [0.717, 1.165) is 21.3 Å². The molecule has 0 saturated carbocycles. The molecule has 0 atom stereocenters. The van der Waals surface area contributed by atoms with Crippen LogP contribution in [-0.4, -0.2) is 23.8 Å². The standard InChI is InChI=1S/C23H19ClN4O2S/c1-13-6-3-4-9-17(13)27-21-18(10-15(12-26-21)22(29)25-2)28-23(30)19-11-14-7-5-8-16(24)20(14)31-19/h3-12H,1-2H3,(H,25,29)(H,26,27)(H,28,30). The number of fused-ring (bicyclic) bond motifs is 1. The summed E-state index contributed by atoms with van der Waals surface area (Å²) in [5, 5.41) is 10.2. The van der Waals surface area contributed by atoms with E-state index in [1.54, 1.807) is 25.2 Å². The van der Waals surface area contributed by atoms with Crippen molar-refractivity contribution < 1.29 is 9.59 Å². The maximum atomic E-state index is 13.0. The second-order valence-corrected chi connectivity index (χ2v) is 8.32. The Bertz CT molecular complexity index is 1300. The van der Waals surface area contributed by atoms with E-state index in [2.05, 4.69) is 20.9 Å². The van der Waals surface area contributed by atoms with Crippen LogP contribution in [0.2, 0.25) is 5.02 Å². The van der Waals surface area contributed by atoms with E-state index in [4.69, 9.17) is 11.6 Å². The van der Waals surface area contributed by atoms with Gasteiger partial charge in [-0.25, -0.2) is 4.98 Å². The highest BCUT2D eigenvalue weighted by molar-refractivity contribution is 7.21. The van der Waals surface area contributed by atoms with E-state index in [1.165, 1.54) is 17.5 Å². The maximum absolute atomic E-state index is 13.0. The molecule has 0 bridgehead atoms. The van der Waals surface area contributed by atoms with Gasteiger partial charge in [0, 0.05) is 18.9 Å². The van der Waals surface area contributed by atoms with E-state index in [-0.39, 0.29) is 11.8 Å². The van der Waals surface area contributed by atoms with Gasteiger partial charge in [0.2, 0.25) is 0 Å². The Morgan fingerprint density at radius 3 is 2.55 bits per heavy atom. The third-order valence-corrected chi connectivity index (χ3v) is 6.35. The van der Waals surface area contributed by atoms with Crippen LogP contribution in [0.3, 0.4) is 0 Å². The van der Waals surface area contributed by atoms with Crippen molar-refractivity contribution in [1.29, 1.82) is 0 Å². The van der Waals surface area contributed by atoms with Gasteiger partial charge in [0.15, 0.2) is 5.82 Å². The number of anilines is 3. The number of nitrogens with one attached hydrogen (secondary N) is 3. The summed E-state index contributed by atoms with van der Waals surface area (Å²) in [5.41, 5.74) is 2.62. The highest BCUT2D eigenvalue weighted by atomic mass is 35.5. The Morgan fingerprint density at radius 2 is 1.81 bits per heavy atom. The quantitative estimate of drug-likeness (QED) is 0.369. The molecule has 2 aromatic heterocycles. The molecule has 31 heavy (non-hydrogen) atoms. The molecule has 4 aromatic rings. The summed E-state index contributed by atoms with van der Waals surface area (Å²) in [6, 6.07) is 16.7. The number of amides is 2. The van der Waals surface area contributed by atoms with Gasteiger partial charge in [-0.15, -0.1) is 11.3 Å². The molecule has 2 aromatic carbocycles. The Hall–Kier alpha value is -3.42. The number of pyridine rings is 1. The number of thiophene rings is 1. The van der Waals surface area contributed by atoms with Crippen molar-refractivity contribution in [3.05, 3.63) is 81.8 Å². The lowest BCUT2D eigenvalue weighted by atomic mass is 10.2. The second kappa shape index (κ2) is 8.75. The number of halogens is 1. The smallest absolute Gasteiger partial charge is 0.265 e. The lowest BCUT2D eigenvalue weighted by Crippen LogP contribution is -2.19. The van der Waals surface area contributed by atoms with Crippen molar-refractivity contribution in [2.45, 2.75) is 6.92 Å². The summed E-state index contributed by atoms with van der Waals surface area (Å²) >= 11 is 7.57. The fourth-order valence-electron chi connectivity index (χ4n) is 3.09. The maximum Gasteiger partial charge on any atom is 0.265 e. The first-order chi connectivity index (χ1) is 15.0. The van der Waals surface area contributed by atoms with Gasteiger partial charge in [-0.3, -0.25) is 9.59 Å². The Kier molecular flexibility index (Phi) is 5.88. The molecule has 0 spiro atoms. The van der Waals surface area contributed by atoms with E-state index in [0.29, 0.717) is 27.0 Å². The van der Waals surface area contributed by atoms with Gasteiger partial charge < -0.3 is 16.0 Å². The molecule has 0 aliphatic carbocycles. The zero-order valence-corrected chi connectivity index (χ0v) is 18.4. The number of nitrogens with zero attached hydrogens (tertiary/aromatic N) is 1. The monoisotopic (exact) mass is 450 g/mol. The largest absolute Gasteiger partial charge is 0.355 e. The van der Waals surface area contributed by atoms with E-state index in [9.17, 15) is 9.59 Å². The number of hydrogen-bond donors (Lipinski definition) is 3. The van der Waals surface area contributed by atoms with Gasteiger partial charge in [-0.1, -0.05) is 41.9 Å². The average Bonchev–Trinajstić information content (AvgIpc) is 3.22. The van der Waals surface area contributed by atoms with Crippen molar-refractivity contribution in [3.8, 4) is 0 Å². The van der Waals surface area contributed by atoms with Crippen molar-refractivity contribution in [2.24, 2.45) is 0 Å². The summed E-state index contributed by atoms with van der Waals surface area (Å²) in [6.45, 7) is 1.97. The van der Waals surface area contributed by atoms with Crippen LogP contribution in [0, 0.1) is 6.92 Å². The zero-order chi connectivity index (χ0) is 22.0. The van der Waals surface area contributed by atoms with Crippen LogP contribution < -0.4 is 16.0 Å². The molecular formula is C23H19ClN4O2S. The van der Waals surface area contributed by atoms with Gasteiger partial charge in [0.1, 0.15) is 0 Å². The molecule has 0 aliphatic heterocycles. The van der Waals surface area contributed by atoms with Gasteiger partial charge >= 0.3 is 0 Å². The molecule has 6 nitrogen and oxygen atoms in total. The molecule has 0 unspecified atom stereocenters. The predicted octanol–water partition coefficient (Wildman–Crippen LogP) is 5.61. The van der Waals surface area contributed by atoms with Crippen molar-refractivity contribution in [1.82, 2.24) is 10.3 Å².